The smallest absolute Gasteiger partial charge is 0.238 e. The first kappa shape index (κ1) is 22.2. The number of carbonyl (C=O) groups is 1. The summed E-state index contributed by atoms with van der Waals surface area (Å²) in [6, 6.07) is 15.8. The van der Waals surface area contributed by atoms with Crippen molar-refractivity contribution in [2.45, 2.75) is 44.0 Å². The lowest BCUT2D eigenvalue weighted by Crippen LogP contribution is -2.57. The van der Waals surface area contributed by atoms with Crippen molar-refractivity contribution in [2.75, 3.05) is 44.8 Å². The van der Waals surface area contributed by atoms with E-state index in [0.29, 0.717) is 44.3 Å². The first-order valence-electron chi connectivity index (χ1n) is 11.9. The van der Waals surface area contributed by atoms with Crippen LogP contribution in [0.5, 0.6) is 11.5 Å². The Kier molecular flexibility index (Phi) is 6.80. The summed E-state index contributed by atoms with van der Waals surface area (Å²) < 4.78 is 24.0. The summed E-state index contributed by atoms with van der Waals surface area (Å²) in [5, 5.41) is 3.01. The van der Waals surface area contributed by atoms with Gasteiger partial charge in [0.2, 0.25) is 5.91 Å². The van der Waals surface area contributed by atoms with Gasteiger partial charge in [-0.2, -0.15) is 0 Å². The van der Waals surface area contributed by atoms with E-state index in [9.17, 15) is 4.79 Å². The average molecular weight is 453 g/mol. The lowest BCUT2D eigenvalue weighted by molar-refractivity contribution is -0.159. The molecule has 3 heterocycles. The van der Waals surface area contributed by atoms with Crippen LogP contribution < -0.4 is 14.8 Å². The van der Waals surface area contributed by atoms with Crippen molar-refractivity contribution in [3.8, 4) is 11.5 Å². The Morgan fingerprint density at radius 1 is 1.03 bits per heavy atom. The van der Waals surface area contributed by atoms with E-state index >= 15 is 0 Å². The van der Waals surface area contributed by atoms with E-state index in [2.05, 4.69) is 22.3 Å². The van der Waals surface area contributed by atoms with Crippen LogP contribution in [0.15, 0.2) is 48.5 Å². The Bertz CT molecular complexity index is 945. The van der Waals surface area contributed by atoms with E-state index < -0.39 is 0 Å². The summed E-state index contributed by atoms with van der Waals surface area (Å²) in [5.74, 6) is 1.36. The maximum absolute atomic E-state index is 12.8. The number of likely N-dealkylation sites (tertiary alicyclic amines) is 1. The van der Waals surface area contributed by atoms with E-state index in [4.69, 9.17) is 18.9 Å². The molecule has 0 bridgehead atoms. The van der Waals surface area contributed by atoms with Gasteiger partial charge in [-0.1, -0.05) is 30.3 Å². The second kappa shape index (κ2) is 10.1. The highest BCUT2D eigenvalue weighted by Gasteiger charge is 2.47. The quantitative estimate of drug-likeness (QED) is 0.722. The number of nitrogens with zero attached hydrogens (tertiary/aromatic N) is 1. The lowest BCUT2D eigenvalue weighted by Gasteiger charge is -2.44. The molecule has 1 spiro atoms. The second-order valence-electron chi connectivity index (χ2n) is 9.05. The number of rotatable bonds is 6. The van der Waals surface area contributed by atoms with Gasteiger partial charge < -0.3 is 24.3 Å². The largest absolute Gasteiger partial charge is 0.490 e. The van der Waals surface area contributed by atoms with Crippen LogP contribution in [0.4, 0.5) is 5.69 Å². The molecule has 1 amide bonds. The van der Waals surface area contributed by atoms with Crippen molar-refractivity contribution in [1.29, 1.82) is 0 Å². The van der Waals surface area contributed by atoms with Crippen LogP contribution in [-0.4, -0.2) is 62.0 Å². The molecule has 5 rings (SSSR count). The third-order valence-electron chi connectivity index (χ3n) is 6.69. The number of piperidine rings is 1. The summed E-state index contributed by atoms with van der Waals surface area (Å²) in [6.07, 6.45) is 3.76. The van der Waals surface area contributed by atoms with Gasteiger partial charge in [-0.05, 0) is 37.0 Å². The fourth-order valence-corrected chi connectivity index (χ4v) is 4.93. The minimum Gasteiger partial charge on any atom is -0.490 e. The molecule has 0 unspecified atom stereocenters. The zero-order valence-electron chi connectivity index (χ0n) is 19.0. The molecule has 3 aliphatic rings. The standard InChI is InChI=1S/C26H32N2O5/c29-25(27-21-8-9-22-23(16-21)31-14-5-13-30-22)18-28-12-11-26(10-4-15-33-26)24(17-28)32-19-20-6-2-1-3-7-20/h1-3,6-9,16,24H,4-5,10-15,17-19H2,(H,27,29)/t24-,26-/m0/s1. The zero-order valence-corrected chi connectivity index (χ0v) is 19.0. The molecule has 0 aromatic heterocycles. The normalized spacial score (nSPS) is 25.0. The van der Waals surface area contributed by atoms with Crippen LogP contribution >= 0.6 is 0 Å². The van der Waals surface area contributed by atoms with Crippen LogP contribution in [0, 0.1) is 0 Å². The summed E-state index contributed by atoms with van der Waals surface area (Å²) >= 11 is 0. The van der Waals surface area contributed by atoms with Crippen LogP contribution in [0.3, 0.4) is 0 Å². The number of hydrogen-bond acceptors (Lipinski definition) is 6. The molecule has 3 aliphatic heterocycles. The highest BCUT2D eigenvalue weighted by atomic mass is 16.6. The summed E-state index contributed by atoms with van der Waals surface area (Å²) in [7, 11) is 0. The van der Waals surface area contributed by atoms with Gasteiger partial charge in [0.05, 0.1) is 38.1 Å². The Morgan fingerprint density at radius 3 is 2.70 bits per heavy atom. The molecule has 176 valence electrons. The van der Waals surface area contributed by atoms with Crippen molar-refractivity contribution in [3.05, 3.63) is 54.1 Å². The van der Waals surface area contributed by atoms with E-state index in [1.54, 1.807) is 0 Å². The van der Waals surface area contributed by atoms with Gasteiger partial charge in [-0.15, -0.1) is 0 Å². The number of carbonyl (C=O) groups excluding carboxylic acids is 1. The molecule has 0 aliphatic carbocycles. The summed E-state index contributed by atoms with van der Waals surface area (Å²) in [6.45, 7) is 4.42. The van der Waals surface area contributed by atoms with Crippen LogP contribution in [0.1, 0.15) is 31.2 Å². The van der Waals surface area contributed by atoms with Crippen LogP contribution in [0.2, 0.25) is 0 Å². The minimum absolute atomic E-state index is 0.0467. The molecular formula is C26H32N2O5. The Balaban J connectivity index is 1.19. The average Bonchev–Trinajstić information content (AvgIpc) is 3.18. The van der Waals surface area contributed by atoms with Gasteiger partial charge in [-0.3, -0.25) is 9.69 Å². The van der Waals surface area contributed by atoms with Crippen molar-refractivity contribution >= 4 is 11.6 Å². The molecule has 2 aromatic carbocycles. The fourth-order valence-electron chi connectivity index (χ4n) is 4.93. The molecular weight excluding hydrogens is 420 g/mol. The maximum atomic E-state index is 12.8. The molecule has 33 heavy (non-hydrogen) atoms. The highest BCUT2D eigenvalue weighted by Crippen LogP contribution is 2.38. The van der Waals surface area contributed by atoms with Gasteiger partial charge >= 0.3 is 0 Å². The number of hydrogen-bond donors (Lipinski definition) is 1. The summed E-state index contributed by atoms with van der Waals surface area (Å²) in [5.41, 5.74) is 1.64. The number of fused-ring (bicyclic) bond motifs is 1. The number of benzene rings is 2. The number of amides is 1. The van der Waals surface area contributed by atoms with Crippen molar-refractivity contribution in [1.82, 2.24) is 4.90 Å². The Hall–Kier alpha value is -2.61. The third-order valence-corrected chi connectivity index (χ3v) is 6.69. The lowest BCUT2D eigenvalue weighted by atomic mass is 9.85. The predicted molar refractivity (Wildman–Crippen MR) is 125 cm³/mol. The Labute approximate surface area is 195 Å². The van der Waals surface area contributed by atoms with E-state index in [-0.39, 0.29) is 17.6 Å². The predicted octanol–water partition coefficient (Wildman–Crippen LogP) is 3.63. The highest BCUT2D eigenvalue weighted by molar-refractivity contribution is 5.92. The second-order valence-corrected chi connectivity index (χ2v) is 9.05. The van der Waals surface area contributed by atoms with Gasteiger partial charge in [0, 0.05) is 37.9 Å². The molecule has 2 saturated heterocycles. The van der Waals surface area contributed by atoms with Gasteiger partial charge in [-0.25, -0.2) is 0 Å². The van der Waals surface area contributed by atoms with E-state index in [1.807, 2.05) is 36.4 Å². The summed E-state index contributed by atoms with van der Waals surface area (Å²) in [4.78, 5) is 15.0. The molecule has 2 atom stereocenters. The SMILES string of the molecule is O=C(CN1CC[C@@]2(CCCO2)[C@@H](OCc2ccccc2)C1)Nc1ccc2c(c1)OCCCO2. The monoisotopic (exact) mass is 452 g/mol. The van der Waals surface area contributed by atoms with Crippen LogP contribution in [-0.2, 0) is 20.9 Å². The molecule has 2 fully saturated rings. The minimum atomic E-state index is -0.226. The maximum Gasteiger partial charge on any atom is 0.238 e. The zero-order chi connectivity index (χ0) is 22.5. The van der Waals surface area contributed by atoms with Gasteiger partial charge in [0.25, 0.3) is 0 Å². The number of nitrogens with one attached hydrogen (secondary N) is 1. The van der Waals surface area contributed by atoms with Crippen LogP contribution in [0.25, 0.3) is 0 Å². The third kappa shape index (κ3) is 5.32. The van der Waals surface area contributed by atoms with Crippen molar-refractivity contribution in [3.63, 3.8) is 0 Å². The first-order chi connectivity index (χ1) is 16.2. The van der Waals surface area contributed by atoms with E-state index in [1.165, 1.54) is 0 Å². The number of anilines is 1. The van der Waals surface area contributed by atoms with Crippen molar-refractivity contribution in [2.24, 2.45) is 0 Å². The first-order valence-corrected chi connectivity index (χ1v) is 11.9. The molecule has 7 heteroatoms. The number of ether oxygens (including phenoxy) is 4. The molecule has 0 saturated carbocycles. The van der Waals surface area contributed by atoms with Gasteiger partial charge in [0.15, 0.2) is 11.5 Å². The molecule has 1 N–H and O–H groups in total. The Morgan fingerprint density at radius 2 is 1.88 bits per heavy atom. The van der Waals surface area contributed by atoms with E-state index in [0.717, 1.165) is 50.1 Å². The van der Waals surface area contributed by atoms with Gasteiger partial charge in [0.1, 0.15) is 0 Å². The molecule has 2 aromatic rings. The topological polar surface area (TPSA) is 69.3 Å². The van der Waals surface area contributed by atoms with Crippen molar-refractivity contribution < 1.29 is 23.7 Å². The molecule has 7 nitrogen and oxygen atoms in total. The fraction of sp³-hybridized carbons (Fsp3) is 0.500. The molecule has 0 radical (unpaired) electrons.